The number of ether oxygens (including phenoxy) is 1. The van der Waals surface area contributed by atoms with Crippen LogP contribution in [0, 0.1) is 0 Å². The zero-order chi connectivity index (χ0) is 12.0. The van der Waals surface area contributed by atoms with E-state index in [0.717, 1.165) is 4.88 Å². The average molecular weight is 243 g/mol. The number of rotatable bonds is 6. The zero-order valence-corrected chi connectivity index (χ0v) is 10.4. The fraction of sp³-hybridized carbons (Fsp3) is 0.545. The SMILES string of the molecule is COCC(O)CN(C)C(=O)Cc1cccs1. The Hall–Kier alpha value is -0.910. The van der Waals surface area contributed by atoms with Crippen LogP contribution >= 0.6 is 11.3 Å². The lowest BCUT2D eigenvalue weighted by Gasteiger charge is -2.20. The van der Waals surface area contributed by atoms with Crippen molar-refractivity contribution in [2.24, 2.45) is 0 Å². The first-order valence-corrected chi connectivity index (χ1v) is 5.94. The first kappa shape index (κ1) is 13.2. The van der Waals surface area contributed by atoms with Gasteiger partial charge < -0.3 is 14.7 Å². The Bertz CT molecular complexity index is 313. The molecule has 1 rings (SSSR count). The molecule has 0 saturated carbocycles. The van der Waals surface area contributed by atoms with E-state index in [9.17, 15) is 9.90 Å². The van der Waals surface area contributed by atoms with Gasteiger partial charge in [0, 0.05) is 25.6 Å². The summed E-state index contributed by atoms with van der Waals surface area (Å²) < 4.78 is 4.80. The molecule has 0 radical (unpaired) electrons. The maximum Gasteiger partial charge on any atom is 0.227 e. The van der Waals surface area contributed by atoms with Gasteiger partial charge in [0.25, 0.3) is 0 Å². The van der Waals surface area contributed by atoms with E-state index in [4.69, 9.17) is 4.74 Å². The van der Waals surface area contributed by atoms with E-state index in [0.29, 0.717) is 13.0 Å². The summed E-state index contributed by atoms with van der Waals surface area (Å²) in [6, 6.07) is 3.86. The number of likely N-dealkylation sites (N-methyl/N-ethyl adjacent to an activating group) is 1. The van der Waals surface area contributed by atoms with E-state index in [1.165, 1.54) is 12.0 Å². The number of amides is 1. The molecule has 1 atom stereocenters. The van der Waals surface area contributed by atoms with Gasteiger partial charge in [-0.3, -0.25) is 4.79 Å². The van der Waals surface area contributed by atoms with E-state index in [2.05, 4.69) is 0 Å². The van der Waals surface area contributed by atoms with E-state index in [1.54, 1.807) is 18.4 Å². The second kappa shape index (κ2) is 6.62. The first-order valence-electron chi connectivity index (χ1n) is 5.07. The number of nitrogens with zero attached hydrogens (tertiary/aromatic N) is 1. The van der Waals surface area contributed by atoms with Gasteiger partial charge in [-0.1, -0.05) is 6.07 Å². The number of thiophene rings is 1. The van der Waals surface area contributed by atoms with Gasteiger partial charge >= 0.3 is 0 Å². The summed E-state index contributed by atoms with van der Waals surface area (Å²) >= 11 is 1.56. The number of aliphatic hydroxyl groups excluding tert-OH is 1. The van der Waals surface area contributed by atoms with Crippen LogP contribution in [0.1, 0.15) is 4.88 Å². The van der Waals surface area contributed by atoms with E-state index >= 15 is 0 Å². The number of carbonyl (C=O) groups excluding carboxylic acids is 1. The lowest BCUT2D eigenvalue weighted by molar-refractivity contribution is -0.130. The van der Waals surface area contributed by atoms with Gasteiger partial charge in [0.05, 0.1) is 19.1 Å². The number of carbonyl (C=O) groups is 1. The Morgan fingerprint density at radius 2 is 2.44 bits per heavy atom. The quantitative estimate of drug-likeness (QED) is 0.802. The van der Waals surface area contributed by atoms with Crippen molar-refractivity contribution in [2.75, 3.05) is 27.3 Å². The summed E-state index contributed by atoms with van der Waals surface area (Å²) in [5, 5.41) is 11.4. The van der Waals surface area contributed by atoms with Crippen molar-refractivity contribution in [3.8, 4) is 0 Å². The number of methoxy groups -OCH3 is 1. The standard InChI is InChI=1S/C11H17NO3S/c1-12(7-9(13)8-15-2)11(14)6-10-4-3-5-16-10/h3-5,9,13H,6-8H2,1-2H3. The topological polar surface area (TPSA) is 49.8 Å². The van der Waals surface area contributed by atoms with Crippen molar-refractivity contribution < 1.29 is 14.6 Å². The maximum atomic E-state index is 11.7. The van der Waals surface area contributed by atoms with Crippen molar-refractivity contribution in [1.29, 1.82) is 0 Å². The van der Waals surface area contributed by atoms with Crippen LogP contribution in [0.2, 0.25) is 0 Å². The average Bonchev–Trinajstić information content (AvgIpc) is 2.70. The lowest BCUT2D eigenvalue weighted by atomic mass is 10.3. The molecule has 1 heterocycles. The molecule has 0 aromatic carbocycles. The highest BCUT2D eigenvalue weighted by Gasteiger charge is 2.14. The van der Waals surface area contributed by atoms with E-state index in [1.807, 2.05) is 17.5 Å². The number of aliphatic hydroxyl groups is 1. The molecular formula is C11H17NO3S. The third kappa shape index (κ3) is 4.30. The Morgan fingerprint density at radius 3 is 3.00 bits per heavy atom. The van der Waals surface area contributed by atoms with Crippen LogP contribution in [-0.4, -0.2) is 49.3 Å². The molecular weight excluding hydrogens is 226 g/mol. The second-order valence-electron chi connectivity index (χ2n) is 3.64. The molecule has 1 unspecified atom stereocenters. The highest BCUT2D eigenvalue weighted by atomic mass is 32.1. The molecule has 0 bridgehead atoms. The normalized spacial score (nSPS) is 12.4. The van der Waals surface area contributed by atoms with Crippen LogP contribution in [0.25, 0.3) is 0 Å². The van der Waals surface area contributed by atoms with Gasteiger partial charge in [-0.2, -0.15) is 0 Å². The molecule has 90 valence electrons. The lowest BCUT2D eigenvalue weighted by Crippen LogP contribution is -2.36. The van der Waals surface area contributed by atoms with Crippen LogP contribution in [0.3, 0.4) is 0 Å². The molecule has 1 N–H and O–H groups in total. The van der Waals surface area contributed by atoms with Crippen LogP contribution in [0.15, 0.2) is 17.5 Å². The van der Waals surface area contributed by atoms with Gasteiger partial charge in [0.1, 0.15) is 0 Å². The van der Waals surface area contributed by atoms with Gasteiger partial charge in [0.2, 0.25) is 5.91 Å². The van der Waals surface area contributed by atoms with Crippen LogP contribution in [-0.2, 0) is 16.0 Å². The molecule has 4 nitrogen and oxygen atoms in total. The third-order valence-electron chi connectivity index (χ3n) is 2.17. The Balaban J connectivity index is 2.36. The molecule has 5 heteroatoms. The van der Waals surface area contributed by atoms with E-state index < -0.39 is 6.10 Å². The highest BCUT2D eigenvalue weighted by molar-refractivity contribution is 7.10. The minimum absolute atomic E-state index is 0.0117. The van der Waals surface area contributed by atoms with Gasteiger partial charge in [-0.25, -0.2) is 0 Å². The Labute approximate surface area is 99.5 Å². The predicted molar refractivity (Wildman–Crippen MR) is 63.5 cm³/mol. The Kier molecular flexibility index (Phi) is 5.45. The van der Waals surface area contributed by atoms with Crippen LogP contribution in [0.5, 0.6) is 0 Å². The predicted octanol–water partition coefficient (Wildman–Crippen LogP) is 0.756. The molecule has 0 spiro atoms. The monoisotopic (exact) mass is 243 g/mol. The molecule has 0 aliphatic carbocycles. The third-order valence-corrected chi connectivity index (χ3v) is 3.05. The molecule has 0 fully saturated rings. The zero-order valence-electron chi connectivity index (χ0n) is 9.55. The second-order valence-corrected chi connectivity index (χ2v) is 4.67. The summed E-state index contributed by atoms with van der Waals surface area (Å²) in [4.78, 5) is 14.3. The van der Waals surface area contributed by atoms with Gasteiger partial charge in [-0.05, 0) is 11.4 Å². The van der Waals surface area contributed by atoms with Crippen molar-refractivity contribution in [1.82, 2.24) is 4.90 Å². The van der Waals surface area contributed by atoms with Gasteiger partial charge in [-0.15, -0.1) is 11.3 Å². The van der Waals surface area contributed by atoms with Crippen molar-refractivity contribution >= 4 is 17.2 Å². The summed E-state index contributed by atoms with van der Waals surface area (Å²) in [5.74, 6) is 0.0117. The molecule has 1 aromatic rings. The minimum Gasteiger partial charge on any atom is -0.389 e. The summed E-state index contributed by atoms with van der Waals surface area (Å²) in [5.41, 5.74) is 0. The summed E-state index contributed by atoms with van der Waals surface area (Å²) in [6.07, 6.45) is -0.226. The summed E-state index contributed by atoms with van der Waals surface area (Å²) in [6.45, 7) is 0.550. The fourth-order valence-corrected chi connectivity index (χ4v) is 2.06. The molecule has 0 saturated heterocycles. The molecule has 1 amide bonds. The molecule has 0 aliphatic heterocycles. The number of hydrogen-bond donors (Lipinski definition) is 1. The smallest absolute Gasteiger partial charge is 0.227 e. The molecule has 16 heavy (non-hydrogen) atoms. The highest BCUT2D eigenvalue weighted by Crippen LogP contribution is 2.10. The van der Waals surface area contributed by atoms with Crippen molar-refractivity contribution in [2.45, 2.75) is 12.5 Å². The van der Waals surface area contributed by atoms with Crippen molar-refractivity contribution in [3.63, 3.8) is 0 Å². The van der Waals surface area contributed by atoms with Crippen LogP contribution < -0.4 is 0 Å². The molecule has 1 aromatic heterocycles. The Morgan fingerprint density at radius 1 is 1.69 bits per heavy atom. The fourth-order valence-electron chi connectivity index (χ4n) is 1.36. The maximum absolute atomic E-state index is 11.7. The summed E-state index contributed by atoms with van der Waals surface area (Å²) in [7, 11) is 3.21. The van der Waals surface area contributed by atoms with E-state index in [-0.39, 0.29) is 12.5 Å². The number of hydrogen-bond acceptors (Lipinski definition) is 4. The van der Waals surface area contributed by atoms with Gasteiger partial charge in [0.15, 0.2) is 0 Å². The first-order chi connectivity index (χ1) is 7.63. The minimum atomic E-state index is -0.623. The molecule has 0 aliphatic rings. The van der Waals surface area contributed by atoms with Crippen molar-refractivity contribution in [3.05, 3.63) is 22.4 Å². The largest absolute Gasteiger partial charge is 0.389 e. The van der Waals surface area contributed by atoms with Crippen LogP contribution in [0.4, 0.5) is 0 Å².